The summed E-state index contributed by atoms with van der Waals surface area (Å²) in [5.74, 6) is 1.33. The summed E-state index contributed by atoms with van der Waals surface area (Å²) in [4.78, 5) is 14.8. The molecule has 8 nitrogen and oxygen atoms in total. The maximum atomic E-state index is 10.7. The molecule has 0 spiro atoms. The third-order valence-electron chi connectivity index (χ3n) is 4.01. The van der Waals surface area contributed by atoms with Crippen molar-refractivity contribution in [1.29, 1.82) is 0 Å². The number of ether oxygens (including phenoxy) is 1. The van der Waals surface area contributed by atoms with Crippen LogP contribution in [0.5, 0.6) is 5.75 Å². The second-order valence-electron chi connectivity index (χ2n) is 6.75. The van der Waals surface area contributed by atoms with Gasteiger partial charge in [0.05, 0.1) is 23.7 Å². The standard InChI is InChI=1S/C21H28N4O4.HI/c1-4-22-21(23-13-16-5-9-18(10-6-16)25(27)28)24-14-20(26)17-7-11-19(12-8-17)29-15(2)3;/h5-12,15,20,26H,4,13-14H2,1-3H3,(H2,22,23,24);1H. The van der Waals surface area contributed by atoms with Gasteiger partial charge in [-0.05, 0) is 44.0 Å². The van der Waals surface area contributed by atoms with Gasteiger partial charge in [0, 0.05) is 25.2 Å². The number of aliphatic hydroxyl groups is 1. The summed E-state index contributed by atoms with van der Waals surface area (Å²) in [5.41, 5.74) is 1.68. The van der Waals surface area contributed by atoms with Crippen LogP contribution in [0, 0.1) is 10.1 Å². The largest absolute Gasteiger partial charge is 0.491 e. The first-order chi connectivity index (χ1) is 13.9. The Bertz CT molecular complexity index is 811. The molecular weight excluding hydrogens is 499 g/mol. The van der Waals surface area contributed by atoms with Gasteiger partial charge in [0.25, 0.3) is 5.69 Å². The highest BCUT2D eigenvalue weighted by atomic mass is 127. The van der Waals surface area contributed by atoms with Gasteiger partial charge >= 0.3 is 0 Å². The first kappa shape index (κ1) is 25.6. The SMILES string of the molecule is CCNC(=NCc1ccc([N+](=O)[O-])cc1)NCC(O)c1ccc(OC(C)C)cc1.I. The van der Waals surface area contributed by atoms with Crippen molar-refractivity contribution in [2.24, 2.45) is 4.99 Å². The Balaban J connectivity index is 0.00000450. The van der Waals surface area contributed by atoms with Crippen LogP contribution in [0.1, 0.15) is 38.0 Å². The molecule has 9 heteroatoms. The zero-order chi connectivity index (χ0) is 21.2. The molecule has 2 rings (SSSR count). The van der Waals surface area contributed by atoms with E-state index in [-0.39, 0.29) is 42.3 Å². The van der Waals surface area contributed by atoms with E-state index in [1.165, 1.54) is 12.1 Å². The topological polar surface area (TPSA) is 109 Å². The summed E-state index contributed by atoms with van der Waals surface area (Å²) in [6.07, 6.45) is -0.603. The van der Waals surface area contributed by atoms with Crippen molar-refractivity contribution in [2.75, 3.05) is 13.1 Å². The van der Waals surface area contributed by atoms with Crippen molar-refractivity contribution in [3.63, 3.8) is 0 Å². The van der Waals surface area contributed by atoms with Crippen LogP contribution in [0.4, 0.5) is 5.69 Å². The van der Waals surface area contributed by atoms with Gasteiger partial charge in [-0.25, -0.2) is 4.99 Å². The maximum Gasteiger partial charge on any atom is 0.269 e. The number of nitro groups is 1. The van der Waals surface area contributed by atoms with Crippen molar-refractivity contribution in [2.45, 2.75) is 39.5 Å². The molecule has 164 valence electrons. The van der Waals surface area contributed by atoms with Crippen molar-refractivity contribution < 1.29 is 14.8 Å². The highest BCUT2D eigenvalue weighted by Crippen LogP contribution is 2.18. The van der Waals surface area contributed by atoms with Crippen molar-refractivity contribution in [1.82, 2.24) is 10.6 Å². The lowest BCUT2D eigenvalue weighted by molar-refractivity contribution is -0.384. The maximum absolute atomic E-state index is 10.7. The summed E-state index contributed by atoms with van der Waals surface area (Å²) in [6, 6.07) is 13.6. The molecule has 0 aromatic heterocycles. The molecule has 30 heavy (non-hydrogen) atoms. The van der Waals surface area contributed by atoms with E-state index in [1.54, 1.807) is 12.1 Å². The third-order valence-corrected chi connectivity index (χ3v) is 4.01. The molecular formula is C21H29IN4O4. The minimum atomic E-state index is -0.702. The number of guanidine groups is 1. The van der Waals surface area contributed by atoms with Gasteiger partial charge < -0.3 is 20.5 Å². The predicted molar refractivity (Wildman–Crippen MR) is 128 cm³/mol. The van der Waals surface area contributed by atoms with Gasteiger partial charge in [-0.1, -0.05) is 24.3 Å². The predicted octanol–water partition coefficient (Wildman–Crippen LogP) is 3.79. The van der Waals surface area contributed by atoms with Gasteiger partial charge in [-0.15, -0.1) is 24.0 Å². The summed E-state index contributed by atoms with van der Waals surface area (Å²) in [5, 5.41) is 27.4. The Morgan fingerprint density at radius 1 is 1.13 bits per heavy atom. The van der Waals surface area contributed by atoms with Crippen LogP contribution >= 0.6 is 24.0 Å². The highest BCUT2D eigenvalue weighted by molar-refractivity contribution is 14.0. The molecule has 2 aromatic carbocycles. The summed E-state index contributed by atoms with van der Waals surface area (Å²) in [6.45, 7) is 7.20. The molecule has 1 atom stereocenters. The van der Waals surface area contributed by atoms with Crippen molar-refractivity contribution in [3.8, 4) is 5.75 Å². The summed E-state index contributed by atoms with van der Waals surface area (Å²) >= 11 is 0. The van der Waals surface area contributed by atoms with Crippen LogP contribution in [0.15, 0.2) is 53.5 Å². The fraction of sp³-hybridized carbons (Fsp3) is 0.381. The molecule has 0 aliphatic heterocycles. The number of aliphatic imine (C=N–C) groups is 1. The third kappa shape index (κ3) is 8.54. The van der Waals surface area contributed by atoms with Gasteiger partial charge in [0.2, 0.25) is 0 Å². The number of nitro benzene ring substituents is 1. The van der Waals surface area contributed by atoms with E-state index in [0.29, 0.717) is 19.0 Å². The Morgan fingerprint density at radius 3 is 2.30 bits per heavy atom. The van der Waals surface area contributed by atoms with Crippen LogP contribution in [-0.4, -0.2) is 35.2 Å². The lowest BCUT2D eigenvalue weighted by Gasteiger charge is -2.16. The fourth-order valence-corrected chi connectivity index (χ4v) is 2.59. The second-order valence-corrected chi connectivity index (χ2v) is 6.75. The van der Waals surface area contributed by atoms with E-state index >= 15 is 0 Å². The van der Waals surface area contributed by atoms with E-state index in [4.69, 9.17) is 4.74 Å². The number of rotatable bonds is 9. The number of hydrogen-bond acceptors (Lipinski definition) is 5. The number of aliphatic hydroxyl groups excluding tert-OH is 1. The number of hydrogen-bond donors (Lipinski definition) is 3. The summed E-state index contributed by atoms with van der Waals surface area (Å²) < 4.78 is 5.61. The molecule has 0 saturated carbocycles. The number of benzene rings is 2. The number of non-ortho nitro benzene ring substituents is 1. The molecule has 0 fully saturated rings. The van der Waals surface area contributed by atoms with Gasteiger partial charge in [0.1, 0.15) is 5.75 Å². The van der Waals surface area contributed by atoms with E-state index in [9.17, 15) is 15.2 Å². The molecule has 1 unspecified atom stereocenters. The van der Waals surface area contributed by atoms with E-state index in [2.05, 4.69) is 15.6 Å². The van der Waals surface area contributed by atoms with Crippen molar-refractivity contribution in [3.05, 3.63) is 69.8 Å². The van der Waals surface area contributed by atoms with Gasteiger partial charge in [-0.2, -0.15) is 0 Å². The van der Waals surface area contributed by atoms with Gasteiger partial charge in [-0.3, -0.25) is 10.1 Å². The average molecular weight is 528 g/mol. The van der Waals surface area contributed by atoms with Crippen LogP contribution < -0.4 is 15.4 Å². The molecule has 0 radical (unpaired) electrons. The Hall–Kier alpha value is -2.40. The zero-order valence-corrected chi connectivity index (χ0v) is 19.7. The monoisotopic (exact) mass is 528 g/mol. The van der Waals surface area contributed by atoms with Gasteiger partial charge in [0.15, 0.2) is 5.96 Å². The van der Waals surface area contributed by atoms with E-state index in [1.807, 2.05) is 45.0 Å². The summed E-state index contributed by atoms with van der Waals surface area (Å²) in [7, 11) is 0. The van der Waals surface area contributed by atoms with E-state index in [0.717, 1.165) is 16.9 Å². The Kier molecular flexibility index (Phi) is 11.1. The molecule has 2 aromatic rings. The van der Waals surface area contributed by atoms with Crippen molar-refractivity contribution >= 4 is 35.6 Å². The minimum Gasteiger partial charge on any atom is -0.491 e. The Morgan fingerprint density at radius 2 is 1.77 bits per heavy atom. The highest BCUT2D eigenvalue weighted by Gasteiger charge is 2.09. The lowest BCUT2D eigenvalue weighted by atomic mass is 10.1. The second kappa shape index (κ2) is 13.0. The quantitative estimate of drug-likeness (QED) is 0.150. The Labute approximate surface area is 193 Å². The lowest BCUT2D eigenvalue weighted by Crippen LogP contribution is -2.39. The molecule has 0 saturated heterocycles. The molecule has 0 bridgehead atoms. The van der Waals surface area contributed by atoms with E-state index < -0.39 is 11.0 Å². The number of nitrogens with zero attached hydrogens (tertiary/aromatic N) is 2. The first-order valence-electron chi connectivity index (χ1n) is 9.59. The zero-order valence-electron chi connectivity index (χ0n) is 17.4. The van der Waals surface area contributed by atoms with Crippen LogP contribution in [0.3, 0.4) is 0 Å². The minimum absolute atomic E-state index is 0. The molecule has 0 heterocycles. The average Bonchev–Trinajstić information content (AvgIpc) is 2.70. The van der Waals surface area contributed by atoms with Crippen LogP contribution in [0.2, 0.25) is 0 Å². The number of nitrogens with one attached hydrogen (secondary N) is 2. The normalized spacial score (nSPS) is 12.1. The van der Waals surface area contributed by atoms with Crippen LogP contribution in [-0.2, 0) is 6.54 Å². The molecule has 0 aliphatic rings. The smallest absolute Gasteiger partial charge is 0.269 e. The molecule has 0 aliphatic carbocycles. The number of halogens is 1. The molecule has 0 amide bonds. The molecule has 3 N–H and O–H groups in total. The van der Waals surface area contributed by atoms with Crippen LogP contribution in [0.25, 0.3) is 0 Å². The fourth-order valence-electron chi connectivity index (χ4n) is 2.59. The first-order valence-corrected chi connectivity index (χ1v) is 9.59.